The molecule has 0 aliphatic carbocycles. The third kappa shape index (κ3) is 5.80. The minimum absolute atomic E-state index is 0.249. The summed E-state index contributed by atoms with van der Waals surface area (Å²) in [5.41, 5.74) is 2.19. The molecular formula is C15H27FN2. The van der Waals surface area contributed by atoms with E-state index in [0.29, 0.717) is 11.3 Å². The van der Waals surface area contributed by atoms with Crippen molar-refractivity contribution in [2.24, 2.45) is 0 Å². The molecule has 0 heterocycles. The van der Waals surface area contributed by atoms with Crippen LogP contribution in [0.15, 0.2) is 12.1 Å². The molecule has 0 saturated carbocycles. The van der Waals surface area contributed by atoms with E-state index in [0.717, 1.165) is 12.1 Å². The predicted molar refractivity (Wildman–Crippen MR) is 80.5 cm³/mol. The molecule has 1 aromatic carbocycles. The number of aryl methyl sites for hydroxylation is 1. The molecule has 0 fully saturated rings. The highest BCUT2D eigenvalue weighted by Crippen LogP contribution is 2.21. The Morgan fingerprint density at radius 3 is 2.11 bits per heavy atom. The minimum atomic E-state index is -0.326. The van der Waals surface area contributed by atoms with E-state index < -0.39 is 0 Å². The van der Waals surface area contributed by atoms with Crippen LogP contribution in [0.3, 0.4) is 0 Å². The molecule has 0 amide bonds. The quantitative estimate of drug-likeness (QED) is 0.731. The van der Waals surface area contributed by atoms with Crippen LogP contribution in [-0.4, -0.2) is 12.3 Å². The molecule has 0 aliphatic rings. The molecule has 104 valence electrons. The van der Waals surface area contributed by atoms with Crippen molar-refractivity contribution in [3.05, 3.63) is 29.1 Å². The SMILES string of the molecule is CC.CC.CCNc1cc(C)cc(F)c1C(C)=N. The van der Waals surface area contributed by atoms with Crippen molar-refractivity contribution >= 4 is 11.4 Å². The zero-order valence-corrected chi connectivity index (χ0v) is 12.7. The Morgan fingerprint density at radius 1 is 1.22 bits per heavy atom. The maximum atomic E-state index is 13.5. The van der Waals surface area contributed by atoms with Crippen LogP contribution < -0.4 is 5.32 Å². The van der Waals surface area contributed by atoms with Gasteiger partial charge in [-0.15, -0.1) is 0 Å². The number of halogens is 1. The van der Waals surface area contributed by atoms with Gasteiger partial charge >= 0.3 is 0 Å². The number of hydrogen-bond acceptors (Lipinski definition) is 2. The lowest BCUT2D eigenvalue weighted by Crippen LogP contribution is -2.07. The second-order valence-electron chi connectivity index (χ2n) is 3.32. The second kappa shape index (κ2) is 10.8. The Morgan fingerprint density at radius 2 is 1.72 bits per heavy atom. The summed E-state index contributed by atoms with van der Waals surface area (Å²) in [5, 5.41) is 10.5. The second-order valence-corrected chi connectivity index (χ2v) is 3.32. The van der Waals surface area contributed by atoms with Gasteiger partial charge in [0.2, 0.25) is 0 Å². The third-order valence-corrected chi connectivity index (χ3v) is 1.98. The monoisotopic (exact) mass is 254 g/mol. The topological polar surface area (TPSA) is 35.9 Å². The fraction of sp³-hybridized carbons (Fsp3) is 0.533. The van der Waals surface area contributed by atoms with Gasteiger partial charge < -0.3 is 10.7 Å². The van der Waals surface area contributed by atoms with Crippen LogP contribution in [-0.2, 0) is 0 Å². The van der Waals surface area contributed by atoms with Crippen LogP contribution in [0.4, 0.5) is 10.1 Å². The van der Waals surface area contributed by atoms with E-state index in [1.165, 1.54) is 6.07 Å². The first-order chi connectivity index (χ1) is 8.56. The van der Waals surface area contributed by atoms with Gasteiger partial charge in [-0.2, -0.15) is 0 Å². The van der Waals surface area contributed by atoms with Crippen LogP contribution in [0.1, 0.15) is 52.7 Å². The van der Waals surface area contributed by atoms with Crippen molar-refractivity contribution in [1.29, 1.82) is 5.41 Å². The number of anilines is 1. The van der Waals surface area contributed by atoms with E-state index in [1.807, 2.05) is 47.6 Å². The summed E-state index contributed by atoms with van der Waals surface area (Å²) in [6.45, 7) is 14.1. The molecular weight excluding hydrogens is 227 g/mol. The van der Waals surface area contributed by atoms with Gasteiger partial charge in [0.05, 0.1) is 5.56 Å². The Balaban J connectivity index is 0. The van der Waals surface area contributed by atoms with Gasteiger partial charge in [0.1, 0.15) is 5.82 Å². The van der Waals surface area contributed by atoms with Gasteiger partial charge in [0.25, 0.3) is 0 Å². The highest BCUT2D eigenvalue weighted by Gasteiger charge is 2.10. The molecule has 0 spiro atoms. The number of benzene rings is 1. The Bertz CT molecular complexity index is 360. The first kappa shape index (κ1) is 19.0. The molecule has 2 N–H and O–H groups in total. The van der Waals surface area contributed by atoms with Crippen molar-refractivity contribution in [2.45, 2.75) is 48.5 Å². The largest absolute Gasteiger partial charge is 0.385 e. The number of hydrogen-bond donors (Lipinski definition) is 2. The maximum absolute atomic E-state index is 13.5. The van der Waals surface area contributed by atoms with E-state index in [1.54, 1.807) is 6.92 Å². The molecule has 2 nitrogen and oxygen atoms in total. The molecule has 0 aliphatic heterocycles. The van der Waals surface area contributed by atoms with Gasteiger partial charge in [-0.25, -0.2) is 4.39 Å². The molecule has 1 rings (SSSR count). The van der Waals surface area contributed by atoms with E-state index in [9.17, 15) is 4.39 Å². The number of nitrogens with one attached hydrogen (secondary N) is 2. The molecule has 1 aromatic rings. The molecule has 0 saturated heterocycles. The van der Waals surface area contributed by atoms with Crippen LogP contribution in [0.5, 0.6) is 0 Å². The lowest BCUT2D eigenvalue weighted by atomic mass is 10.1. The molecule has 0 aromatic heterocycles. The summed E-state index contributed by atoms with van der Waals surface area (Å²) in [6, 6.07) is 3.31. The van der Waals surface area contributed by atoms with Gasteiger partial charge in [0.15, 0.2) is 0 Å². The Hall–Kier alpha value is -1.38. The van der Waals surface area contributed by atoms with Gasteiger partial charge in [0, 0.05) is 17.9 Å². The first-order valence-corrected chi connectivity index (χ1v) is 6.65. The highest BCUT2D eigenvalue weighted by atomic mass is 19.1. The highest BCUT2D eigenvalue weighted by molar-refractivity contribution is 6.01. The summed E-state index contributed by atoms with van der Waals surface area (Å²) < 4.78 is 13.5. The van der Waals surface area contributed by atoms with Crippen molar-refractivity contribution in [3.8, 4) is 0 Å². The van der Waals surface area contributed by atoms with E-state index >= 15 is 0 Å². The molecule has 0 atom stereocenters. The summed E-state index contributed by atoms with van der Waals surface area (Å²) in [7, 11) is 0. The summed E-state index contributed by atoms with van der Waals surface area (Å²) in [5.74, 6) is -0.326. The predicted octanol–water partition coefficient (Wildman–Crippen LogP) is 5.01. The average Bonchev–Trinajstić information content (AvgIpc) is 2.33. The fourth-order valence-corrected chi connectivity index (χ4v) is 1.45. The summed E-state index contributed by atoms with van der Waals surface area (Å²) in [4.78, 5) is 0. The normalized spacial score (nSPS) is 8.44. The zero-order chi connectivity index (χ0) is 14.7. The first-order valence-electron chi connectivity index (χ1n) is 6.65. The van der Waals surface area contributed by atoms with Crippen molar-refractivity contribution in [1.82, 2.24) is 0 Å². The van der Waals surface area contributed by atoms with E-state index in [2.05, 4.69) is 5.32 Å². The van der Waals surface area contributed by atoms with Crippen molar-refractivity contribution in [3.63, 3.8) is 0 Å². The smallest absolute Gasteiger partial charge is 0.134 e. The van der Waals surface area contributed by atoms with Gasteiger partial charge in [-0.3, -0.25) is 0 Å². The summed E-state index contributed by atoms with van der Waals surface area (Å²) in [6.07, 6.45) is 0. The molecule has 0 radical (unpaired) electrons. The maximum Gasteiger partial charge on any atom is 0.134 e. The minimum Gasteiger partial charge on any atom is -0.385 e. The zero-order valence-electron chi connectivity index (χ0n) is 12.7. The lowest BCUT2D eigenvalue weighted by Gasteiger charge is -2.11. The number of rotatable bonds is 3. The van der Waals surface area contributed by atoms with E-state index in [-0.39, 0.29) is 11.5 Å². The molecule has 18 heavy (non-hydrogen) atoms. The van der Waals surface area contributed by atoms with Gasteiger partial charge in [-0.1, -0.05) is 27.7 Å². The van der Waals surface area contributed by atoms with Crippen LogP contribution in [0.2, 0.25) is 0 Å². The standard InChI is InChI=1S/C11H15FN2.2C2H6/c1-4-14-10-6-7(2)5-9(12)11(10)8(3)13;2*1-2/h5-6,13-14H,4H2,1-3H3;2*1-2H3. The van der Waals surface area contributed by atoms with Crippen LogP contribution in [0, 0.1) is 18.2 Å². The van der Waals surface area contributed by atoms with Crippen LogP contribution >= 0.6 is 0 Å². The molecule has 0 bridgehead atoms. The third-order valence-electron chi connectivity index (χ3n) is 1.98. The fourth-order valence-electron chi connectivity index (χ4n) is 1.45. The van der Waals surface area contributed by atoms with Crippen molar-refractivity contribution < 1.29 is 4.39 Å². The average molecular weight is 254 g/mol. The summed E-state index contributed by atoms with van der Waals surface area (Å²) >= 11 is 0. The van der Waals surface area contributed by atoms with Crippen molar-refractivity contribution in [2.75, 3.05) is 11.9 Å². The molecule has 3 heteroatoms. The molecule has 0 unspecified atom stereocenters. The lowest BCUT2D eigenvalue weighted by molar-refractivity contribution is 0.624. The van der Waals surface area contributed by atoms with Crippen LogP contribution in [0.25, 0.3) is 0 Å². The van der Waals surface area contributed by atoms with Gasteiger partial charge in [-0.05, 0) is 38.5 Å². The Kier molecular flexibility index (Phi) is 11.3. The van der Waals surface area contributed by atoms with E-state index in [4.69, 9.17) is 5.41 Å². The Labute approximate surface area is 111 Å².